The van der Waals surface area contributed by atoms with Gasteiger partial charge in [0.05, 0.1) is 6.61 Å². The third-order valence-corrected chi connectivity index (χ3v) is 4.70. The molecule has 1 aromatic heterocycles. The second-order valence-corrected chi connectivity index (χ2v) is 6.44. The molecule has 106 valence electrons. The van der Waals surface area contributed by atoms with Crippen LogP contribution >= 0.6 is 0 Å². The van der Waals surface area contributed by atoms with Gasteiger partial charge in [0, 0.05) is 17.4 Å². The molecular formula is C18H22O2. The molecule has 20 heavy (non-hydrogen) atoms. The topological polar surface area (TPSA) is 22.4 Å². The van der Waals surface area contributed by atoms with Gasteiger partial charge in [0.1, 0.15) is 17.1 Å². The summed E-state index contributed by atoms with van der Waals surface area (Å²) in [5, 5.41) is 1.21. The van der Waals surface area contributed by atoms with Crippen LogP contribution in [0.25, 0.3) is 11.0 Å². The highest BCUT2D eigenvalue weighted by atomic mass is 16.5. The summed E-state index contributed by atoms with van der Waals surface area (Å²) in [4.78, 5) is 0. The largest absolute Gasteiger partial charge is 0.493 e. The Morgan fingerprint density at radius 1 is 1.00 bits per heavy atom. The van der Waals surface area contributed by atoms with E-state index in [4.69, 9.17) is 9.15 Å². The van der Waals surface area contributed by atoms with Crippen molar-refractivity contribution in [2.45, 2.75) is 50.9 Å². The highest BCUT2D eigenvalue weighted by Crippen LogP contribution is 2.36. The van der Waals surface area contributed by atoms with Crippen LogP contribution in [-0.2, 0) is 0 Å². The Morgan fingerprint density at radius 2 is 1.85 bits per heavy atom. The predicted octanol–water partition coefficient (Wildman–Crippen LogP) is 5.27. The Labute approximate surface area is 120 Å². The molecule has 0 bridgehead atoms. The molecule has 2 aliphatic carbocycles. The van der Waals surface area contributed by atoms with Crippen LogP contribution in [0.4, 0.5) is 0 Å². The molecule has 0 unspecified atom stereocenters. The third-order valence-electron chi connectivity index (χ3n) is 4.70. The molecule has 4 rings (SSSR count). The van der Waals surface area contributed by atoms with Crippen LogP contribution in [-0.4, -0.2) is 6.61 Å². The molecule has 0 N–H and O–H groups in total. The minimum Gasteiger partial charge on any atom is -0.493 e. The molecule has 0 spiro atoms. The van der Waals surface area contributed by atoms with Crippen LogP contribution in [0, 0.1) is 5.92 Å². The van der Waals surface area contributed by atoms with E-state index < -0.39 is 0 Å². The molecule has 0 atom stereocenters. The van der Waals surface area contributed by atoms with E-state index in [2.05, 4.69) is 24.3 Å². The number of hydrogen-bond acceptors (Lipinski definition) is 2. The fourth-order valence-electron chi connectivity index (χ4n) is 3.21. The lowest BCUT2D eigenvalue weighted by molar-refractivity contribution is 0.299. The average Bonchev–Trinajstić information content (AvgIpc) is 3.23. The summed E-state index contributed by atoms with van der Waals surface area (Å²) >= 11 is 0. The van der Waals surface area contributed by atoms with Crippen molar-refractivity contribution in [3.05, 3.63) is 30.0 Å². The van der Waals surface area contributed by atoms with E-state index >= 15 is 0 Å². The first kappa shape index (κ1) is 12.3. The van der Waals surface area contributed by atoms with Crippen LogP contribution in [0.5, 0.6) is 5.75 Å². The molecule has 0 radical (unpaired) electrons. The van der Waals surface area contributed by atoms with Crippen molar-refractivity contribution in [3.63, 3.8) is 0 Å². The second-order valence-electron chi connectivity index (χ2n) is 6.44. The molecule has 0 saturated heterocycles. The van der Waals surface area contributed by atoms with E-state index in [-0.39, 0.29) is 0 Å². The Morgan fingerprint density at radius 3 is 2.65 bits per heavy atom. The lowest BCUT2D eigenvalue weighted by Crippen LogP contribution is -2.02. The van der Waals surface area contributed by atoms with Crippen molar-refractivity contribution in [3.8, 4) is 5.75 Å². The van der Waals surface area contributed by atoms with Gasteiger partial charge in [-0.15, -0.1) is 0 Å². The average molecular weight is 270 g/mol. The van der Waals surface area contributed by atoms with Gasteiger partial charge >= 0.3 is 0 Å². The summed E-state index contributed by atoms with van der Waals surface area (Å²) in [7, 11) is 0. The van der Waals surface area contributed by atoms with Crippen molar-refractivity contribution in [2.24, 2.45) is 5.92 Å². The molecule has 1 aromatic carbocycles. The van der Waals surface area contributed by atoms with Gasteiger partial charge in [0.25, 0.3) is 0 Å². The first-order valence-electron chi connectivity index (χ1n) is 8.05. The number of fused-ring (bicyclic) bond motifs is 1. The summed E-state index contributed by atoms with van der Waals surface area (Å²) in [5.41, 5.74) is 0.985. The van der Waals surface area contributed by atoms with E-state index in [9.17, 15) is 0 Å². The number of hydrogen-bond donors (Lipinski definition) is 0. The Kier molecular flexibility index (Phi) is 3.17. The SMILES string of the molecule is c1cc2cc(C3CCCCC3)oc2cc1OCC1CC1. The van der Waals surface area contributed by atoms with Gasteiger partial charge in [-0.1, -0.05) is 19.3 Å². The lowest BCUT2D eigenvalue weighted by atomic mass is 9.87. The van der Waals surface area contributed by atoms with E-state index in [0.717, 1.165) is 23.9 Å². The zero-order valence-electron chi connectivity index (χ0n) is 11.9. The number of rotatable bonds is 4. The van der Waals surface area contributed by atoms with Crippen LogP contribution in [0.3, 0.4) is 0 Å². The van der Waals surface area contributed by atoms with Crippen LogP contribution in [0.15, 0.2) is 28.7 Å². The van der Waals surface area contributed by atoms with Gasteiger partial charge in [-0.05, 0) is 49.8 Å². The molecular weight excluding hydrogens is 248 g/mol. The minimum absolute atomic E-state index is 0.631. The standard InChI is InChI=1S/C18H22O2/c1-2-4-14(5-3-1)17-10-15-8-9-16(11-18(15)20-17)19-12-13-6-7-13/h8-11,13-14H,1-7,12H2. The number of furan rings is 1. The predicted molar refractivity (Wildman–Crippen MR) is 80.3 cm³/mol. The van der Waals surface area contributed by atoms with E-state index in [1.165, 1.54) is 56.1 Å². The molecule has 2 heteroatoms. The van der Waals surface area contributed by atoms with Gasteiger partial charge in [-0.25, -0.2) is 0 Å². The quantitative estimate of drug-likeness (QED) is 0.755. The van der Waals surface area contributed by atoms with Crippen molar-refractivity contribution in [1.29, 1.82) is 0 Å². The number of benzene rings is 1. The van der Waals surface area contributed by atoms with Gasteiger partial charge in [0.2, 0.25) is 0 Å². The zero-order valence-corrected chi connectivity index (χ0v) is 11.9. The molecule has 2 saturated carbocycles. The fraction of sp³-hybridized carbons (Fsp3) is 0.556. The summed E-state index contributed by atoms with van der Waals surface area (Å²) in [6, 6.07) is 8.50. The number of ether oxygens (including phenoxy) is 1. The molecule has 1 heterocycles. The first-order chi connectivity index (χ1) is 9.88. The Hall–Kier alpha value is -1.44. The minimum atomic E-state index is 0.631. The summed E-state index contributed by atoms with van der Waals surface area (Å²) < 4.78 is 11.9. The molecule has 2 fully saturated rings. The van der Waals surface area contributed by atoms with Gasteiger partial charge < -0.3 is 9.15 Å². The molecule has 0 aliphatic heterocycles. The second kappa shape index (κ2) is 5.16. The highest BCUT2D eigenvalue weighted by Gasteiger charge is 2.22. The Bertz CT molecular complexity index is 588. The summed E-state index contributed by atoms with van der Waals surface area (Å²) in [6.07, 6.45) is 9.30. The highest BCUT2D eigenvalue weighted by molar-refractivity contribution is 5.79. The first-order valence-corrected chi connectivity index (χ1v) is 8.05. The monoisotopic (exact) mass is 270 g/mol. The van der Waals surface area contributed by atoms with E-state index in [0.29, 0.717) is 5.92 Å². The van der Waals surface area contributed by atoms with Crippen LogP contribution in [0.1, 0.15) is 56.6 Å². The van der Waals surface area contributed by atoms with E-state index in [1.807, 2.05) is 0 Å². The molecule has 2 aliphatic rings. The van der Waals surface area contributed by atoms with Crippen molar-refractivity contribution < 1.29 is 9.15 Å². The normalized spacial score (nSPS) is 20.4. The summed E-state index contributed by atoms with van der Waals surface area (Å²) in [5.74, 6) is 3.56. The summed E-state index contributed by atoms with van der Waals surface area (Å²) in [6.45, 7) is 0.863. The third kappa shape index (κ3) is 2.56. The maximum Gasteiger partial charge on any atom is 0.137 e. The van der Waals surface area contributed by atoms with Gasteiger partial charge in [0.15, 0.2) is 0 Å². The molecule has 0 amide bonds. The van der Waals surface area contributed by atoms with Crippen LogP contribution in [0.2, 0.25) is 0 Å². The maximum atomic E-state index is 6.09. The molecule has 2 nitrogen and oxygen atoms in total. The fourth-order valence-corrected chi connectivity index (χ4v) is 3.21. The van der Waals surface area contributed by atoms with Crippen LogP contribution < -0.4 is 4.74 Å². The molecule has 2 aromatic rings. The van der Waals surface area contributed by atoms with Gasteiger partial charge in [-0.2, -0.15) is 0 Å². The van der Waals surface area contributed by atoms with E-state index in [1.54, 1.807) is 0 Å². The Balaban J connectivity index is 1.54. The lowest BCUT2D eigenvalue weighted by Gasteiger charge is -2.18. The smallest absolute Gasteiger partial charge is 0.137 e. The van der Waals surface area contributed by atoms with Crippen molar-refractivity contribution in [1.82, 2.24) is 0 Å². The zero-order chi connectivity index (χ0) is 13.4. The van der Waals surface area contributed by atoms with Gasteiger partial charge in [-0.3, -0.25) is 0 Å². The maximum absolute atomic E-state index is 6.09. The van der Waals surface area contributed by atoms with Crippen molar-refractivity contribution >= 4 is 11.0 Å². The van der Waals surface area contributed by atoms with Crippen molar-refractivity contribution in [2.75, 3.05) is 6.61 Å².